The fourth-order valence-corrected chi connectivity index (χ4v) is 1.77. The Hall–Kier alpha value is -1.84. The molecule has 0 saturated carbocycles. The first-order chi connectivity index (χ1) is 7.88. The van der Waals surface area contributed by atoms with Gasteiger partial charge in [-0.2, -0.15) is 0 Å². The van der Waals surface area contributed by atoms with E-state index in [0.717, 1.165) is 16.7 Å². The molecular formula is C13H17NO3. The molecule has 0 spiro atoms. The molecule has 0 aliphatic carbocycles. The molecule has 1 amide bonds. The van der Waals surface area contributed by atoms with Gasteiger partial charge >= 0.3 is 5.97 Å². The maximum atomic E-state index is 11.7. The van der Waals surface area contributed by atoms with E-state index in [1.54, 1.807) is 0 Å². The average Bonchev–Trinajstić information content (AvgIpc) is 2.14. The fraction of sp³-hybridized carbons (Fsp3) is 0.385. The van der Waals surface area contributed by atoms with Crippen LogP contribution in [0.25, 0.3) is 0 Å². The smallest absolute Gasteiger partial charge is 0.323 e. The van der Waals surface area contributed by atoms with Crippen molar-refractivity contribution >= 4 is 11.9 Å². The normalized spacial score (nSPS) is 10.1. The molecule has 1 aromatic carbocycles. The Morgan fingerprint density at radius 2 is 1.71 bits per heavy atom. The molecule has 1 aromatic rings. The van der Waals surface area contributed by atoms with Crippen LogP contribution in [0.1, 0.15) is 16.7 Å². The standard InChI is InChI=1S/C13H17NO3/c1-9-4-10(2)6-11(5-9)7-12(15)14(3)8-13(16)17/h4-6H,7-8H2,1-3H3,(H,16,17). The third-order valence-corrected chi connectivity index (χ3v) is 2.44. The Bertz CT molecular complexity index is 420. The lowest BCUT2D eigenvalue weighted by molar-refractivity contribution is -0.143. The number of aryl methyl sites for hydroxylation is 2. The van der Waals surface area contributed by atoms with Gasteiger partial charge < -0.3 is 10.0 Å². The molecule has 4 heteroatoms. The van der Waals surface area contributed by atoms with Gasteiger partial charge in [0.1, 0.15) is 6.54 Å². The van der Waals surface area contributed by atoms with Gasteiger partial charge in [-0.05, 0) is 19.4 Å². The van der Waals surface area contributed by atoms with Gasteiger partial charge in [0.25, 0.3) is 0 Å². The first-order valence-electron chi connectivity index (χ1n) is 5.41. The van der Waals surface area contributed by atoms with Crippen molar-refractivity contribution in [3.05, 3.63) is 34.9 Å². The van der Waals surface area contributed by atoms with E-state index < -0.39 is 5.97 Å². The van der Waals surface area contributed by atoms with Crippen LogP contribution < -0.4 is 0 Å². The molecule has 0 radical (unpaired) electrons. The van der Waals surface area contributed by atoms with Gasteiger partial charge in [0.05, 0.1) is 6.42 Å². The summed E-state index contributed by atoms with van der Waals surface area (Å²) in [5, 5.41) is 8.59. The van der Waals surface area contributed by atoms with Crippen LogP contribution in [0.2, 0.25) is 0 Å². The van der Waals surface area contributed by atoms with Gasteiger partial charge in [0.2, 0.25) is 5.91 Å². The van der Waals surface area contributed by atoms with Crippen LogP contribution in [-0.2, 0) is 16.0 Å². The zero-order valence-corrected chi connectivity index (χ0v) is 10.4. The first-order valence-corrected chi connectivity index (χ1v) is 5.41. The number of rotatable bonds is 4. The quantitative estimate of drug-likeness (QED) is 0.858. The van der Waals surface area contributed by atoms with E-state index in [2.05, 4.69) is 0 Å². The number of carboxylic acids is 1. The number of benzene rings is 1. The molecule has 0 aliphatic heterocycles. The molecule has 1 rings (SSSR count). The van der Waals surface area contributed by atoms with Crippen molar-refractivity contribution in [2.24, 2.45) is 0 Å². The maximum absolute atomic E-state index is 11.7. The third kappa shape index (κ3) is 4.26. The summed E-state index contributed by atoms with van der Waals surface area (Å²) in [6, 6.07) is 5.92. The molecule has 92 valence electrons. The maximum Gasteiger partial charge on any atom is 0.323 e. The van der Waals surface area contributed by atoms with Crippen molar-refractivity contribution in [2.75, 3.05) is 13.6 Å². The van der Waals surface area contributed by atoms with Gasteiger partial charge in [-0.15, -0.1) is 0 Å². The highest BCUT2D eigenvalue weighted by atomic mass is 16.4. The largest absolute Gasteiger partial charge is 0.480 e. The molecule has 4 nitrogen and oxygen atoms in total. The van der Waals surface area contributed by atoms with Gasteiger partial charge in [-0.3, -0.25) is 9.59 Å². The number of aliphatic carboxylic acids is 1. The van der Waals surface area contributed by atoms with Crippen LogP contribution in [0.4, 0.5) is 0 Å². The highest BCUT2D eigenvalue weighted by molar-refractivity contribution is 5.82. The second-order valence-electron chi connectivity index (χ2n) is 4.32. The third-order valence-electron chi connectivity index (χ3n) is 2.44. The number of hydrogen-bond acceptors (Lipinski definition) is 2. The molecule has 0 aliphatic rings. The highest BCUT2D eigenvalue weighted by Crippen LogP contribution is 2.10. The molecule has 0 heterocycles. The Morgan fingerprint density at radius 1 is 1.18 bits per heavy atom. The van der Waals surface area contributed by atoms with Gasteiger partial charge in [-0.1, -0.05) is 29.3 Å². The first kappa shape index (κ1) is 13.2. The van der Waals surface area contributed by atoms with Crippen LogP contribution in [0, 0.1) is 13.8 Å². The van der Waals surface area contributed by atoms with Crippen LogP contribution in [0.15, 0.2) is 18.2 Å². The predicted octanol–water partition coefficient (Wildman–Crippen LogP) is 1.39. The van der Waals surface area contributed by atoms with Crippen molar-refractivity contribution in [1.82, 2.24) is 4.90 Å². The zero-order chi connectivity index (χ0) is 13.0. The predicted molar refractivity (Wildman–Crippen MR) is 64.9 cm³/mol. The van der Waals surface area contributed by atoms with Crippen LogP contribution in [0.5, 0.6) is 0 Å². The number of likely N-dealkylation sites (N-methyl/N-ethyl adjacent to an activating group) is 1. The zero-order valence-electron chi connectivity index (χ0n) is 10.4. The summed E-state index contributed by atoms with van der Waals surface area (Å²) in [5.41, 5.74) is 3.13. The summed E-state index contributed by atoms with van der Waals surface area (Å²) >= 11 is 0. The second kappa shape index (κ2) is 5.48. The lowest BCUT2D eigenvalue weighted by Crippen LogP contribution is -2.33. The summed E-state index contributed by atoms with van der Waals surface area (Å²) in [6.45, 7) is 3.69. The average molecular weight is 235 g/mol. The lowest BCUT2D eigenvalue weighted by Gasteiger charge is -2.14. The van der Waals surface area contributed by atoms with E-state index >= 15 is 0 Å². The Balaban J connectivity index is 2.70. The number of carboxylic acid groups (broad SMARTS) is 1. The Labute approximate surface area is 101 Å². The topological polar surface area (TPSA) is 57.6 Å². The Kier molecular flexibility index (Phi) is 4.26. The van der Waals surface area contributed by atoms with Crippen molar-refractivity contribution in [1.29, 1.82) is 0 Å². The van der Waals surface area contributed by atoms with Gasteiger partial charge in [-0.25, -0.2) is 0 Å². The Morgan fingerprint density at radius 3 is 2.18 bits per heavy atom. The molecule has 17 heavy (non-hydrogen) atoms. The van der Waals surface area contributed by atoms with E-state index in [0.29, 0.717) is 0 Å². The van der Waals surface area contributed by atoms with Gasteiger partial charge in [0, 0.05) is 7.05 Å². The minimum absolute atomic E-state index is 0.183. The molecule has 0 bridgehead atoms. The minimum atomic E-state index is -0.999. The molecule has 0 atom stereocenters. The number of nitrogens with zero attached hydrogens (tertiary/aromatic N) is 1. The lowest BCUT2D eigenvalue weighted by atomic mass is 10.0. The van der Waals surface area contributed by atoms with E-state index in [9.17, 15) is 9.59 Å². The molecular weight excluding hydrogens is 218 g/mol. The SMILES string of the molecule is Cc1cc(C)cc(CC(=O)N(C)CC(=O)O)c1. The number of amides is 1. The van der Waals surface area contributed by atoms with Crippen molar-refractivity contribution in [3.8, 4) is 0 Å². The van der Waals surface area contributed by atoms with E-state index in [-0.39, 0.29) is 18.9 Å². The monoisotopic (exact) mass is 235 g/mol. The molecule has 0 aromatic heterocycles. The van der Waals surface area contributed by atoms with Crippen molar-refractivity contribution in [2.45, 2.75) is 20.3 Å². The number of hydrogen-bond donors (Lipinski definition) is 1. The molecule has 1 N–H and O–H groups in total. The van der Waals surface area contributed by atoms with Crippen LogP contribution in [-0.4, -0.2) is 35.5 Å². The van der Waals surface area contributed by atoms with E-state index in [1.807, 2.05) is 32.0 Å². The number of carbonyl (C=O) groups excluding carboxylic acids is 1. The summed E-state index contributed by atoms with van der Waals surface area (Å²) < 4.78 is 0. The molecule has 0 saturated heterocycles. The summed E-state index contributed by atoms with van der Waals surface area (Å²) in [7, 11) is 1.50. The molecule has 0 fully saturated rings. The second-order valence-corrected chi connectivity index (χ2v) is 4.32. The van der Waals surface area contributed by atoms with Gasteiger partial charge in [0.15, 0.2) is 0 Å². The van der Waals surface area contributed by atoms with E-state index in [1.165, 1.54) is 11.9 Å². The highest BCUT2D eigenvalue weighted by Gasteiger charge is 2.12. The van der Waals surface area contributed by atoms with E-state index in [4.69, 9.17) is 5.11 Å². The van der Waals surface area contributed by atoms with Crippen LogP contribution in [0.3, 0.4) is 0 Å². The summed E-state index contributed by atoms with van der Waals surface area (Å²) in [4.78, 5) is 23.4. The summed E-state index contributed by atoms with van der Waals surface area (Å²) in [5.74, 6) is -1.18. The number of carbonyl (C=O) groups is 2. The van der Waals surface area contributed by atoms with Crippen molar-refractivity contribution < 1.29 is 14.7 Å². The van der Waals surface area contributed by atoms with Crippen LogP contribution >= 0.6 is 0 Å². The van der Waals surface area contributed by atoms with Crippen molar-refractivity contribution in [3.63, 3.8) is 0 Å². The fourth-order valence-electron chi connectivity index (χ4n) is 1.77. The minimum Gasteiger partial charge on any atom is -0.480 e. The summed E-state index contributed by atoms with van der Waals surface area (Å²) in [6.07, 6.45) is 0.242. The molecule has 0 unspecified atom stereocenters.